The molecular formula is C15H20Cl2N2O3. The number of aliphatic hydroxyl groups excluding tert-OH is 1. The van der Waals surface area contributed by atoms with Gasteiger partial charge in [-0.2, -0.15) is 0 Å². The number of amides is 1. The van der Waals surface area contributed by atoms with Crippen molar-refractivity contribution in [1.29, 1.82) is 0 Å². The first-order valence-corrected chi connectivity index (χ1v) is 7.82. The van der Waals surface area contributed by atoms with Crippen LogP contribution in [0, 0.1) is 0 Å². The lowest BCUT2D eigenvalue weighted by Gasteiger charge is -2.33. The number of aliphatic hydroxyl groups is 1. The van der Waals surface area contributed by atoms with Gasteiger partial charge in [0.05, 0.1) is 34.8 Å². The van der Waals surface area contributed by atoms with Crippen molar-refractivity contribution in [2.24, 2.45) is 0 Å². The first-order valence-electron chi connectivity index (χ1n) is 7.07. The van der Waals surface area contributed by atoms with Gasteiger partial charge in [-0.15, -0.1) is 0 Å². The molecule has 7 heteroatoms. The summed E-state index contributed by atoms with van der Waals surface area (Å²) >= 11 is 12.0. The number of carbonyl (C=O) groups is 1. The molecule has 1 heterocycles. The van der Waals surface area contributed by atoms with Crippen molar-refractivity contribution in [3.8, 4) is 0 Å². The van der Waals surface area contributed by atoms with E-state index in [1.807, 2.05) is 19.9 Å². The summed E-state index contributed by atoms with van der Waals surface area (Å²) in [5.41, 5.74) is 0.245. The fourth-order valence-corrected chi connectivity index (χ4v) is 2.55. The van der Waals surface area contributed by atoms with Crippen molar-refractivity contribution in [2.45, 2.75) is 31.5 Å². The van der Waals surface area contributed by atoms with Gasteiger partial charge in [0, 0.05) is 6.54 Å². The maximum atomic E-state index is 12.3. The molecule has 3 N–H and O–H groups in total. The van der Waals surface area contributed by atoms with Crippen LogP contribution < -0.4 is 10.6 Å². The first-order chi connectivity index (χ1) is 10.3. The maximum absolute atomic E-state index is 12.3. The van der Waals surface area contributed by atoms with Crippen molar-refractivity contribution >= 4 is 29.1 Å². The summed E-state index contributed by atoms with van der Waals surface area (Å²) in [6, 6.07) is 5.16. The molecule has 1 amide bonds. The molecule has 0 bridgehead atoms. The molecule has 1 saturated heterocycles. The SMILES string of the molecule is CC(C)(NC(=O)[C@@H]1CN[C@H](CO)CO1)c1ccc(Cl)c(Cl)c1. The quantitative estimate of drug-likeness (QED) is 0.775. The smallest absolute Gasteiger partial charge is 0.251 e. The van der Waals surface area contributed by atoms with E-state index in [1.54, 1.807) is 12.1 Å². The Kier molecular flexibility index (Phi) is 5.69. The standard InChI is InChI=1S/C15H20Cl2N2O3/c1-15(2,9-3-4-11(16)12(17)5-9)19-14(21)13-6-18-10(7-20)8-22-13/h3-5,10,13,18,20H,6-8H2,1-2H3,(H,19,21)/t10-,13+/m1/s1. The third kappa shape index (κ3) is 4.12. The topological polar surface area (TPSA) is 70.6 Å². The van der Waals surface area contributed by atoms with Crippen LogP contribution in [-0.4, -0.2) is 42.9 Å². The molecule has 0 aromatic heterocycles. The van der Waals surface area contributed by atoms with Gasteiger partial charge in [0.2, 0.25) is 0 Å². The third-order valence-electron chi connectivity index (χ3n) is 3.68. The molecular weight excluding hydrogens is 327 g/mol. The Morgan fingerprint density at radius 2 is 2.18 bits per heavy atom. The molecule has 1 aliphatic heterocycles. The van der Waals surface area contributed by atoms with Gasteiger partial charge in [0.25, 0.3) is 5.91 Å². The number of hydrogen-bond acceptors (Lipinski definition) is 4. The van der Waals surface area contributed by atoms with Crippen molar-refractivity contribution in [3.63, 3.8) is 0 Å². The van der Waals surface area contributed by atoms with E-state index >= 15 is 0 Å². The molecule has 0 unspecified atom stereocenters. The van der Waals surface area contributed by atoms with E-state index in [4.69, 9.17) is 33.0 Å². The Bertz CT molecular complexity index is 544. The Labute approximate surface area is 139 Å². The lowest BCUT2D eigenvalue weighted by atomic mass is 9.94. The fourth-order valence-electron chi connectivity index (χ4n) is 2.26. The second kappa shape index (κ2) is 7.15. The third-order valence-corrected chi connectivity index (χ3v) is 4.42. The molecule has 122 valence electrons. The Morgan fingerprint density at radius 1 is 1.45 bits per heavy atom. The highest BCUT2D eigenvalue weighted by Gasteiger charge is 2.31. The molecule has 0 aliphatic carbocycles. The summed E-state index contributed by atoms with van der Waals surface area (Å²) < 4.78 is 5.49. The molecule has 1 aromatic carbocycles. The average Bonchev–Trinajstić information content (AvgIpc) is 2.49. The number of morpholine rings is 1. The highest BCUT2D eigenvalue weighted by Crippen LogP contribution is 2.28. The van der Waals surface area contributed by atoms with Gasteiger partial charge < -0.3 is 20.5 Å². The number of halogens is 2. The summed E-state index contributed by atoms with van der Waals surface area (Å²) in [4.78, 5) is 12.3. The maximum Gasteiger partial charge on any atom is 0.251 e. The van der Waals surface area contributed by atoms with Crippen LogP contribution in [0.3, 0.4) is 0 Å². The average molecular weight is 347 g/mol. The van der Waals surface area contributed by atoms with E-state index in [0.717, 1.165) is 5.56 Å². The highest BCUT2D eigenvalue weighted by molar-refractivity contribution is 6.42. The molecule has 2 rings (SSSR count). The van der Waals surface area contributed by atoms with E-state index in [2.05, 4.69) is 10.6 Å². The fraction of sp³-hybridized carbons (Fsp3) is 0.533. The van der Waals surface area contributed by atoms with Crippen molar-refractivity contribution in [2.75, 3.05) is 19.8 Å². The van der Waals surface area contributed by atoms with Gasteiger partial charge in [-0.05, 0) is 31.5 Å². The molecule has 0 radical (unpaired) electrons. The molecule has 2 atom stereocenters. The van der Waals surface area contributed by atoms with Crippen LogP contribution in [0.15, 0.2) is 18.2 Å². The molecule has 0 spiro atoms. The Morgan fingerprint density at radius 3 is 2.73 bits per heavy atom. The molecule has 0 saturated carbocycles. The van der Waals surface area contributed by atoms with E-state index in [1.165, 1.54) is 0 Å². The highest BCUT2D eigenvalue weighted by atomic mass is 35.5. The largest absolute Gasteiger partial charge is 0.395 e. The van der Waals surface area contributed by atoms with Crippen molar-refractivity contribution in [1.82, 2.24) is 10.6 Å². The Hall–Kier alpha value is -0.850. The summed E-state index contributed by atoms with van der Waals surface area (Å²) in [5.74, 6) is -0.208. The number of carbonyl (C=O) groups excluding carboxylic acids is 1. The minimum Gasteiger partial charge on any atom is -0.395 e. The summed E-state index contributed by atoms with van der Waals surface area (Å²) in [5, 5.41) is 16.0. The molecule has 5 nitrogen and oxygen atoms in total. The molecule has 1 aliphatic rings. The first kappa shape index (κ1) is 17.5. The van der Waals surface area contributed by atoms with Crippen LogP contribution in [0.2, 0.25) is 10.0 Å². The van der Waals surface area contributed by atoms with Gasteiger partial charge in [0.1, 0.15) is 6.10 Å². The van der Waals surface area contributed by atoms with Crippen LogP contribution in [0.5, 0.6) is 0 Å². The number of rotatable bonds is 4. The predicted octanol–water partition coefficient (Wildman–Crippen LogP) is 1.69. The van der Waals surface area contributed by atoms with Crippen LogP contribution in [0.1, 0.15) is 19.4 Å². The zero-order valence-corrected chi connectivity index (χ0v) is 14.0. The number of nitrogens with one attached hydrogen (secondary N) is 2. The number of benzene rings is 1. The van der Waals surface area contributed by atoms with Gasteiger partial charge in [-0.1, -0.05) is 29.3 Å². The van der Waals surface area contributed by atoms with E-state index < -0.39 is 11.6 Å². The summed E-state index contributed by atoms with van der Waals surface area (Å²) in [6.07, 6.45) is -0.579. The van der Waals surface area contributed by atoms with E-state index in [9.17, 15) is 4.79 Å². The molecule has 22 heavy (non-hydrogen) atoms. The van der Waals surface area contributed by atoms with Crippen LogP contribution in [-0.2, 0) is 15.1 Å². The summed E-state index contributed by atoms with van der Waals surface area (Å²) in [6.45, 7) is 4.44. The second-order valence-corrected chi connectivity index (χ2v) is 6.67. The Balaban J connectivity index is 2.01. The second-order valence-electron chi connectivity index (χ2n) is 5.85. The van der Waals surface area contributed by atoms with E-state index in [-0.39, 0.29) is 18.6 Å². The van der Waals surface area contributed by atoms with Crippen LogP contribution in [0.4, 0.5) is 0 Å². The lowest BCUT2D eigenvalue weighted by molar-refractivity contribution is -0.137. The zero-order valence-electron chi connectivity index (χ0n) is 12.5. The number of ether oxygens (including phenoxy) is 1. The minimum atomic E-state index is -0.609. The van der Waals surface area contributed by atoms with Gasteiger partial charge in [-0.3, -0.25) is 4.79 Å². The monoisotopic (exact) mass is 346 g/mol. The molecule has 1 fully saturated rings. The van der Waals surface area contributed by atoms with Crippen LogP contribution in [0.25, 0.3) is 0 Å². The zero-order chi connectivity index (χ0) is 16.3. The summed E-state index contributed by atoms with van der Waals surface area (Å²) in [7, 11) is 0. The van der Waals surface area contributed by atoms with Gasteiger partial charge >= 0.3 is 0 Å². The van der Waals surface area contributed by atoms with Crippen molar-refractivity contribution in [3.05, 3.63) is 33.8 Å². The van der Waals surface area contributed by atoms with Crippen LogP contribution >= 0.6 is 23.2 Å². The number of hydrogen-bond donors (Lipinski definition) is 3. The normalized spacial score (nSPS) is 22.4. The van der Waals surface area contributed by atoms with Crippen molar-refractivity contribution < 1.29 is 14.6 Å². The predicted molar refractivity (Wildman–Crippen MR) is 86.2 cm³/mol. The lowest BCUT2D eigenvalue weighted by Crippen LogP contribution is -2.55. The van der Waals surface area contributed by atoms with E-state index in [0.29, 0.717) is 23.2 Å². The van der Waals surface area contributed by atoms with Gasteiger partial charge in [-0.25, -0.2) is 0 Å². The van der Waals surface area contributed by atoms with Gasteiger partial charge in [0.15, 0.2) is 0 Å². The minimum absolute atomic E-state index is 0.0108. The molecule has 1 aromatic rings.